The van der Waals surface area contributed by atoms with E-state index in [-0.39, 0.29) is 11.8 Å². The van der Waals surface area contributed by atoms with Crippen molar-refractivity contribution in [3.8, 4) is 0 Å². The topological polar surface area (TPSA) is 83.8 Å². The lowest BCUT2D eigenvalue weighted by Gasteiger charge is -2.15. The van der Waals surface area contributed by atoms with Gasteiger partial charge >= 0.3 is 5.97 Å². The quantitative estimate of drug-likeness (QED) is 0.533. The molecule has 0 aliphatic rings. The number of carbonyl (C=O) groups excluding carboxylic acids is 2. The molecule has 0 radical (unpaired) electrons. The monoisotopic (exact) mass is 224 g/mol. The lowest BCUT2D eigenvalue weighted by atomic mass is 10.2. The van der Waals surface area contributed by atoms with Gasteiger partial charge in [-0.15, -0.1) is 0 Å². The molecule has 5 heteroatoms. The minimum absolute atomic E-state index is 0.277. The van der Waals surface area contributed by atoms with Gasteiger partial charge in [-0.2, -0.15) is 0 Å². The van der Waals surface area contributed by atoms with Gasteiger partial charge in [0.15, 0.2) is 12.4 Å². The molecular formula is C11H12O5. The largest absolute Gasteiger partial charge is 0.448 e. The van der Waals surface area contributed by atoms with Crippen molar-refractivity contribution in [2.45, 2.75) is 12.2 Å². The number of aldehydes is 1. The molecule has 1 aromatic rings. The summed E-state index contributed by atoms with van der Waals surface area (Å²) in [6.07, 6.45) is -2.47. The third-order valence-electron chi connectivity index (χ3n) is 1.95. The number of hydrogen-bond donors (Lipinski definition) is 2. The normalized spacial score (nSPS) is 13.9. The van der Waals surface area contributed by atoms with E-state index < -0.39 is 24.8 Å². The zero-order valence-electron chi connectivity index (χ0n) is 8.45. The fourth-order valence-electron chi connectivity index (χ4n) is 1.07. The van der Waals surface area contributed by atoms with Crippen molar-refractivity contribution in [2.24, 2.45) is 0 Å². The molecular weight excluding hydrogens is 212 g/mol. The van der Waals surface area contributed by atoms with E-state index in [1.54, 1.807) is 18.2 Å². The van der Waals surface area contributed by atoms with E-state index in [0.29, 0.717) is 0 Å². The summed E-state index contributed by atoms with van der Waals surface area (Å²) in [7, 11) is 0. The van der Waals surface area contributed by atoms with Crippen molar-refractivity contribution in [2.75, 3.05) is 6.61 Å². The molecule has 0 saturated carbocycles. The number of benzene rings is 1. The van der Waals surface area contributed by atoms with Crippen LogP contribution in [0.25, 0.3) is 0 Å². The molecule has 0 spiro atoms. The third-order valence-corrected chi connectivity index (χ3v) is 1.95. The van der Waals surface area contributed by atoms with Crippen LogP contribution in [0.15, 0.2) is 30.3 Å². The Morgan fingerprint density at radius 1 is 1.38 bits per heavy atom. The first-order valence-corrected chi connectivity index (χ1v) is 4.69. The minimum atomic E-state index is -1.40. The molecule has 0 saturated heterocycles. The summed E-state index contributed by atoms with van der Waals surface area (Å²) in [5.41, 5.74) is 0.277. The summed E-state index contributed by atoms with van der Waals surface area (Å²) in [6.45, 7) is -0.647. The maximum atomic E-state index is 11.5. The van der Waals surface area contributed by atoms with E-state index in [1.807, 2.05) is 0 Å². The average Bonchev–Trinajstić information content (AvgIpc) is 2.35. The van der Waals surface area contributed by atoms with E-state index in [9.17, 15) is 9.59 Å². The lowest BCUT2D eigenvalue weighted by molar-refractivity contribution is -0.123. The smallest absolute Gasteiger partial charge is 0.338 e. The molecule has 16 heavy (non-hydrogen) atoms. The number of carbonyl (C=O) groups is 2. The van der Waals surface area contributed by atoms with Gasteiger partial charge in [0.1, 0.15) is 6.10 Å². The van der Waals surface area contributed by atoms with Gasteiger partial charge in [-0.25, -0.2) is 4.79 Å². The van der Waals surface area contributed by atoms with E-state index in [0.717, 1.165) is 0 Å². The van der Waals surface area contributed by atoms with Crippen molar-refractivity contribution >= 4 is 12.3 Å². The highest BCUT2D eigenvalue weighted by atomic mass is 16.6. The Morgan fingerprint density at radius 3 is 2.50 bits per heavy atom. The summed E-state index contributed by atoms with van der Waals surface area (Å²) >= 11 is 0. The van der Waals surface area contributed by atoms with Gasteiger partial charge in [0.2, 0.25) is 0 Å². The van der Waals surface area contributed by atoms with Gasteiger partial charge in [0, 0.05) is 0 Å². The first kappa shape index (κ1) is 12.4. The summed E-state index contributed by atoms with van der Waals surface area (Å²) in [5.74, 6) is -0.717. The second-order valence-electron chi connectivity index (χ2n) is 3.12. The number of aliphatic hydroxyl groups is 2. The van der Waals surface area contributed by atoms with E-state index in [2.05, 4.69) is 0 Å². The van der Waals surface area contributed by atoms with Crippen LogP contribution in [0.4, 0.5) is 0 Å². The van der Waals surface area contributed by atoms with Crippen LogP contribution in [0.2, 0.25) is 0 Å². The second-order valence-corrected chi connectivity index (χ2v) is 3.12. The fourth-order valence-corrected chi connectivity index (χ4v) is 1.07. The van der Waals surface area contributed by atoms with E-state index in [1.165, 1.54) is 12.1 Å². The van der Waals surface area contributed by atoms with Crippen LogP contribution in [0.3, 0.4) is 0 Å². The minimum Gasteiger partial charge on any atom is -0.448 e. The number of aliphatic hydroxyl groups excluding tert-OH is 2. The second kappa shape index (κ2) is 5.99. The van der Waals surface area contributed by atoms with Crippen molar-refractivity contribution in [3.05, 3.63) is 35.9 Å². The highest BCUT2D eigenvalue weighted by Gasteiger charge is 2.22. The van der Waals surface area contributed by atoms with Crippen LogP contribution < -0.4 is 0 Å². The summed E-state index contributed by atoms with van der Waals surface area (Å²) < 4.78 is 4.72. The molecule has 2 atom stereocenters. The molecule has 0 amide bonds. The Balaban J connectivity index is 2.66. The van der Waals surface area contributed by atoms with Crippen molar-refractivity contribution in [1.82, 2.24) is 0 Å². The average molecular weight is 224 g/mol. The summed E-state index contributed by atoms with van der Waals surface area (Å²) in [4.78, 5) is 22.0. The highest BCUT2D eigenvalue weighted by molar-refractivity contribution is 5.90. The molecule has 86 valence electrons. The zero-order valence-corrected chi connectivity index (χ0v) is 8.45. The molecule has 0 aliphatic carbocycles. The van der Waals surface area contributed by atoms with Crippen LogP contribution in [-0.2, 0) is 9.53 Å². The highest BCUT2D eigenvalue weighted by Crippen LogP contribution is 2.05. The number of ether oxygens (including phenoxy) is 1. The van der Waals surface area contributed by atoms with Crippen LogP contribution in [0, 0.1) is 0 Å². The van der Waals surface area contributed by atoms with Gasteiger partial charge in [-0.3, -0.25) is 4.79 Å². The van der Waals surface area contributed by atoms with Crippen LogP contribution in [0.5, 0.6) is 0 Å². The predicted molar refractivity (Wildman–Crippen MR) is 54.8 cm³/mol. The van der Waals surface area contributed by atoms with Crippen molar-refractivity contribution < 1.29 is 24.5 Å². The Hall–Kier alpha value is -1.72. The maximum Gasteiger partial charge on any atom is 0.338 e. The van der Waals surface area contributed by atoms with E-state index in [4.69, 9.17) is 14.9 Å². The van der Waals surface area contributed by atoms with Gasteiger partial charge in [0.05, 0.1) is 12.2 Å². The zero-order chi connectivity index (χ0) is 12.0. The fraction of sp³-hybridized carbons (Fsp3) is 0.273. The molecule has 5 nitrogen and oxygen atoms in total. The van der Waals surface area contributed by atoms with Gasteiger partial charge in [-0.1, -0.05) is 18.2 Å². The molecule has 2 N–H and O–H groups in total. The summed E-state index contributed by atoms with van der Waals surface area (Å²) in [5, 5.41) is 17.8. The lowest BCUT2D eigenvalue weighted by Crippen LogP contribution is -2.35. The SMILES string of the molecule is O=CC(OC(=O)c1ccccc1)C(O)CO. The maximum absolute atomic E-state index is 11.5. The molecule has 0 heterocycles. The number of esters is 1. The van der Waals surface area contributed by atoms with Crippen molar-refractivity contribution in [3.63, 3.8) is 0 Å². The van der Waals surface area contributed by atoms with Crippen molar-refractivity contribution in [1.29, 1.82) is 0 Å². The van der Waals surface area contributed by atoms with Gasteiger partial charge < -0.3 is 14.9 Å². The van der Waals surface area contributed by atoms with Crippen LogP contribution in [0.1, 0.15) is 10.4 Å². The van der Waals surface area contributed by atoms with Crippen LogP contribution in [-0.4, -0.2) is 41.3 Å². The van der Waals surface area contributed by atoms with Gasteiger partial charge in [0.25, 0.3) is 0 Å². The molecule has 0 aromatic heterocycles. The number of rotatable bonds is 5. The van der Waals surface area contributed by atoms with E-state index >= 15 is 0 Å². The molecule has 2 unspecified atom stereocenters. The predicted octanol–water partition coefficient (Wildman–Crippen LogP) is -0.236. The summed E-state index contributed by atoms with van der Waals surface area (Å²) in [6, 6.07) is 8.07. The third kappa shape index (κ3) is 3.15. The first-order chi connectivity index (χ1) is 7.69. The Kier molecular flexibility index (Phi) is 4.63. The molecule has 0 bridgehead atoms. The molecule has 1 aromatic carbocycles. The van der Waals surface area contributed by atoms with Crippen LogP contribution >= 0.6 is 0 Å². The molecule has 0 fully saturated rings. The molecule has 0 aliphatic heterocycles. The van der Waals surface area contributed by atoms with Gasteiger partial charge in [-0.05, 0) is 12.1 Å². The number of hydrogen-bond acceptors (Lipinski definition) is 5. The first-order valence-electron chi connectivity index (χ1n) is 4.69. The Bertz CT molecular complexity index is 349. The standard InChI is InChI=1S/C11H12O5/c12-6-9(14)10(7-13)16-11(15)8-4-2-1-3-5-8/h1-5,7,9-10,12,14H,6H2. The Labute approximate surface area is 92.3 Å². The Morgan fingerprint density at radius 2 is 2.00 bits per heavy atom. The molecule has 1 rings (SSSR count).